The minimum atomic E-state index is 0.649. The molecule has 1 aliphatic rings. The molecule has 2 heteroatoms. The summed E-state index contributed by atoms with van der Waals surface area (Å²) < 4.78 is 3.88. The average molecular weight is 153 g/mol. The highest BCUT2D eigenvalue weighted by molar-refractivity contribution is 8.01. The van der Waals surface area contributed by atoms with E-state index in [1.807, 2.05) is 6.08 Å². The highest BCUT2D eigenvalue weighted by Gasteiger charge is 2.03. The molecule has 1 rings (SSSR count). The minimum Gasteiger partial charge on any atom is -0.169 e. The van der Waals surface area contributed by atoms with E-state index in [4.69, 9.17) is 0 Å². The smallest absolute Gasteiger partial charge is 0.0130 e. The summed E-state index contributed by atoms with van der Waals surface area (Å²) in [6.45, 7) is 4.41. The van der Waals surface area contributed by atoms with Crippen molar-refractivity contribution in [1.82, 2.24) is 0 Å². The van der Waals surface area contributed by atoms with Crippen LogP contribution in [0, 0.1) is 5.92 Å². The summed E-state index contributed by atoms with van der Waals surface area (Å²) in [5.74, 6) is 3.49. The predicted octanol–water partition coefficient (Wildman–Crippen LogP) is 2.80. The van der Waals surface area contributed by atoms with E-state index in [-0.39, 0.29) is 0 Å². The molecule has 0 aromatic rings. The van der Waals surface area contributed by atoms with Crippen LogP contribution in [0.1, 0.15) is 20.3 Å². The van der Waals surface area contributed by atoms with Crippen LogP contribution in [-0.2, 0) is 0 Å². The molecule has 1 atom stereocenters. The highest BCUT2D eigenvalue weighted by Crippen LogP contribution is 2.21. The van der Waals surface area contributed by atoms with E-state index in [9.17, 15) is 0 Å². The summed E-state index contributed by atoms with van der Waals surface area (Å²) in [6, 6.07) is 0. The summed E-state index contributed by atoms with van der Waals surface area (Å²) in [5.41, 5.74) is 1.35. The lowest BCUT2D eigenvalue weighted by molar-refractivity contribution is 0.672. The summed E-state index contributed by atoms with van der Waals surface area (Å²) in [5, 5.41) is 2.09. The van der Waals surface area contributed by atoms with E-state index in [1.165, 1.54) is 23.9 Å². The fourth-order valence-electron chi connectivity index (χ4n) is 0.747. The third-order valence-corrected chi connectivity index (χ3v) is 2.30. The molecule has 1 heterocycles. The van der Waals surface area contributed by atoms with Gasteiger partial charge in [0.25, 0.3) is 0 Å². The molecule has 0 saturated heterocycles. The molecule has 0 radical (unpaired) electrons. The van der Waals surface area contributed by atoms with E-state index < -0.39 is 0 Å². The zero-order valence-corrected chi connectivity index (χ0v) is 7.11. The van der Waals surface area contributed by atoms with Gasteiger partial charge in [0.2, 0.25) is 0 Å². The molecule has 1 unspecified atom stereocenters. The summed E-state index contributed by atoms with van der Waals surface area (Å²) >= 11 is 1.47. The van der Waals surface area contributed by atoms with Crippen LogP contribution in [0.5, 0.6) is 0 Å². The van der Waals surface area contributed by atoms with Crippen molar-refractivity contribution in [3.8, 4) is 0 Å². The largest absolute Gasteiger partial charge is 0.169 e. The molecule has 0 amide bonds. The predicted molar refractivity (Wildman–Crippen MR) is 47.1 cm³/mol. The standard InChI is InChI=1S/C8H11NS/c1-3-7(2)8-4-5-9-10-6-8/h4,6-7H,3H2,1-2H3. The van der Waals surface area contributed by atoms with Gasteiger partial charge < -0.3 is 0 Å². The Bertz CT molecular complexity index is 199. The fourth-order valence-corrected chi connectivity index (χ4v) is 1.33. The van der Waals surface area contributed by atoms with Gasteiger partial charge in [0.1, 0.15) is 0 Å². The lowest BCUT2D eigenvalue weighted by Gasteiger charge is -2.08. The van der Waals surface area contributed by atoms with Crippen LogP contribution in [0.4, 0.5) is 0 Å². The molecule has 0 saturated carbocycles. The maximum absolute atomic E-state index is 3.88. The molecular weight excluding hydrogens is 142 g/mol. The maximum atomic E-state index is 3.88. The van der Waals surface area contributed by atoms with Crippen molar-refractivity contribution in [3.05, 3.63) is 17.1 Å². The molecule has 0 fully saturated rings. The normalized spacial score (nSPS) is 18.8. The van der Waals surface area contributed by atoms with Crippen LogP contribution in [0.15, 0.2) is 21.5 Å². The zero-order chi connectivity index (χ0) is 7.40. The Hall–Kier alpha value is -0.460. The fraction of sp³-hybridized carbons (Fsp3) is 0.500. The van der Waals surface area contributed by atoms with E-state index in [0.717, 1.165) is 0 Å². The van der Waals surface area contributed by atoms with Gasteiger partial charge in [0, 0.05) is 18.0 Å². The SMILES string of the molecule is CCC(C)C1=CSN=C=C1. The molecule has 0 spiro atoms. The third-order valence-electron chi connectivity index (χ3n) is 1.71. The second kappa shape index (κ2) is 3.65. The van der Waals surface area contributed by atoms with Gasteiger partial charge in [-0.2, -0.15) is 4.40 Å². The topological polar surface area (TPSA) is 12.4 Å². The van der Waals surface area contributed by atoms with Crippen LogP contribution >= 0.6 is 11.9 Å². The molecule has 1 aliphatic heterocycles. The number of rotatable bonds is 2. The Kier molecular flexibility index (Phi) is 2.79. The second-order valence-electron chi connectivity index (χ2n) is 2.40. The quantitative estimate of drug-likeness (QED) is 0.556. The number of nitrogens with zero attached hydrogens (tertiary/aromatic N) is 1. The van der Waals surface area contributed by atoms with Crippen molar-refractivity contribution in [2.45, 2.75) is 20.3 Å². The van der Waals surface area contributed by atoms with Crippen molar-refractivity contribution < 1.29 is 0 Å². The van der Waals surface area contributed by atoms with Gasteiger partial charge in [-0.3, -0.25) is 0 Å². The molecule has 0 N–H and O–H groups in total. The van der Waals surface area contributed by atoms with Crippen LogP contribution in [0.2, 0.25) is 0 Å². The monoisotopic (exact) mass is 153 g/mol. The van der Waals surface area contributed by atoms with Crippen molar-refractivity contribution in [2.24, 2.45) is 10.3 Å². The zero-order valence-electron chi connectivity index (χ0n) is 6.29. The Morgan fingerprint density at radius 2 is 2.60 bits per heavy atom. The van der Waals surface area contributed by atoms with Crippen LogP contribution in [-0.4, -0.2) is 5.87 Å². The Balaban J connectivity index is 2.64. The molecule has 0 aliphatic carbocycles. The van der Waals surface area contributed by atoms with Gasteiger partial charge in [-0.05, 0) is 29.2 Å². The van der Waals surface area contributed by atoms with Crippen LogP contribution in [0.25, 0.3) is 0 Å². The number of allylic oxidation sites excluding steroid dienone is 2. The molecular formula is C8H11NS. The second-order valence-corrected chi connectivity index (χ2v) is 3.03. The molecule has 54 valence electrons. The van der Waals surface area contributed by atoms with Gasteiger partial charge in [-0.25, -0.2) is 0 Å². The van der Waals surface area contributed by atoms with E-state index >= 15 is 0 Å². The summed E-state index contributed by atoms with van der Waals surface area (Å²) in [6.07, 6.45) is 3.15. The molecule has 0 aromatic heterocycles. The number of hydrogen-bond acceptors (Lipinski definition) is 2. The van der Waals surface area contributed by atoms with Crippen LogP contribution < -0.4 is 0 Å². The first-order chi connectivity index (χ1) is 4.84. The molecule has 10 heavy (non-hydrogen) atoms. The Morgan fingerprint density at radius 1 is 1.80 bits per heavy atom. The van der Waals surface area contributed by atoms with Crippen molar-refractivity contribution in [2.75, 3.05) is 0 Å². The Labute approximate surface area is 66.1 Å². The van der Waals surface area contributed by atoms with Gasteiger partial charge in [0.05, 0.1) is 0 Å². The Morgan fingerprint density at radius 3 is 3.10 bits per heavy atom. The van der Waals surface area contributed by atoms with E-state index in [1.54, 1.807) is 0 Å². The van der Waals surface area contributed by atoms with Gasteiger partial charge >= 0.3 is 0 Å². The molecule has 1 nitrogen and oxygen atoms in total. The summed E-state index contributed by atoms with van der Waals surface area (Å²) in [4.78, 5) is 0. The third kappa shape index (κ3) is 1.76. The van der Waals surface area contributed by atoms with Gasteiger partial charge in [-0.1, -0.05) is 13.8 Å². The first-order valence-electron chi connectivity index (χ1n) is 3.49. The minimum absolute atomic E-state index is 0.649. The lowest BCUT2D eigenvalue weighted by atomic mass is 10.0. The molecule has 0 aromatic carbocycles. The van der Waals surface area contributed by atoms with Crippen molar-refractivity contribution in [3.63, 3.8) is 0 Å². The van der Waals surface area contributed by atoms with E-state index in [2.05, 4.69) is 29.5 Å². The first kappa shape index (κ1) is 7.64. The van der Waals surface area contributed by atoms with Gasteiger partial charge in [-0.15, -0.1) is 0 Å². The van der Waals surface area contributed by atoms with Crippen LogP contribution in [0.3, 0.4) is 0 Å². The lowest BCUT2D eigenvalue weighted by Crippen LogP contribution is -1.95. The van der Waals surface area contributed by atoms with E-state index in [0.29, 0.717) is 5.92 Å². The average Bonchev–Trinajstić information content (AvgIpc) is 2.05. The number of hydrogen-bond donors (Lipinski definition) is 0. The molecule has 0 bridgehead atoms. The summed E-state index contributed by atoms with van der Waals surface area (Å²) in [7, 11) is 0. The van der Waals surface area contributed by atoms with Crippen molar-refractivity contribution in [1.29, 1.82) is 0 Å². The van der Waals surface area contributed by atoms with Gasteiger partial charge in [0.15, 0.2) is 0 Å². The van der Waals surface area contributed by atoms with Crippen molar-refractivity contribution >= 4 is 17.8 Å². The maximum Gasteiger partial charge on any atom is 0.0130 e. The highest BCUT2D eigenvalue weighted by atomic mass is 32.2. The first-order valence-corrected chi connectivity index (χ1v) is 4.33.